The van der Waals surface area contributed by atoms with Crippen LogP contribution >= 0.6 is 0 Å². The number of carbonyl (C=O) groups is 1. The number of carbonyl (C=O) groups excluding carboxylic acids is 1. The average Bonchev–Trinajstić information content (AvgIpc) is 3.18. The topological polar surface area (TPSA) is 57.7 Å². The lowest BCUT2D eigenvalue weighted by molar-refractivity contribution is 0.0708. The third kappa shape index (κ3) is 3.75. The van der Waals surface area contributed by atoms with Gasteiger partial charge in [0.25, 0.3) is 5.91 Å². The molecule has 0 spiro atoms. The van der Waals surface area contributed by atoms with Crippen molar-refractivity contribution in [2.75, 3.05) is 32.4 Å². The van der Waals surface area contributed by atoms with Crippen molar-refractivity contribution in [2.24, 2.45) is 0 Å². The Morgan fingerprint density at radius 2 is 1.74 bits per heavy atom. The Balaban J connectivity index is 1.70. The zero-order valence-corrected chi connectivity index (χ0v) is 14.4. The monoisotopic (exact) mass is 336 g/mol. The molecule has 5 nitrogen and oxygen atoms in total. The minimum Gasteiger partial charge on any atom is -0.334 e. The Kier molecular flexibility index (Phi) is 4.73. The molecule has 0 aromatic heterocycles. The summed E-state index contributed by atoms with van der Waals surface area (Å²) in [6.07, 6.45) is 5.80. The van der Waals surface area contributed by atoms with E-state index in [4.69, 9.17) is 0 Å². The number of rotatable bonds is 4. The molecule has 1 aromatic rings. The summed E-state index contributed by atoms with van der Waals surface area (Å²) < 4.78 is 23.0. The van der Waals surface area contributed by atoms with Crippen molar-refractivity contribution in [3.05, 3.63) is 29.8 Å². The molecule has 2 aliphatic rings. The summed E-state index contributed by atoms with van der Waals surface area (Å²) in [6.45, 7) is 4.04. The molecule has 1 atom stereocenters. The Morgan fingerprint density at radius 3 is 2.35 bits per heavy atom. The van der Waals surface area contributed by atoms with Crippen molar-refractivity contribution in [1.29, 1.82) is 0 Å². The van der Waals surface area contributed by atoms with E-state index in [1.165, 1.54) is 31.2 Å². The van der Waals surface area contributed by atoms with Gasteiger partial charge in [-0.2, -0.15) is 0 Å². The van der Waals surface area contributed by atoms with Gasteiger partial charge < -0.3 is 9.80 Å². The van der Waals surface area contributed by atoms with E-state index in [1.54, 1.807) is 12.1 Å². The lowest BCUT2D eigenvalue weighted by atomic mass is 10.1. The zero-order chi connectivity index (χ0) is 16.4. The van der Waals surface area contributed by atoms with Crippen LogP contribution in [0.4, 0.5) is 0 Å². The van der Waals surface area contributed by atoms with Crippen molar-refractivity contribution in [3.63, 3.8) is 0 Å². The molecule has 23 heavy (non-hydrogen) atoms. The summed E-state index contributed by atoms with van der Waals surface area (Å²) in [5.41, 5.74) is 0.575. The number of hydrogen-bond acceptors (Lipinski definition) is 4. The van der Waals surface area contributed by atoms with Gasteiger partial charge in [0.2, 0.25) is 0 Å². The van der Waals surface area contributed by atoms with E-state index in [2.05, 4.69) is 4.90 Å². The molecule has 6 heteroatoms. The van der Waals surface area contributed by atoms with Gasteiger partial charge in [-0.25, -0.2) is 8.42 Å². The number of amides is 1. The first-order valence-corrected chi connectivity index (χ1v) is 10.2. The molecule has 1 amide bonds. The molecule has 1 aromatic carbocycles. The molecule has 0 aliphatic carbocycles. The minimum atomic E-state index is -3.22. The van der Waals surface area contributed by atoms with Crippen LogP contribution in [0.25, 0.3) is 0 Å². The second kappa shape index (κ2) is 6.61. The van der Waals surface area contributed by atoms with Crippen LogP contribution in [0.3, 0.4) is 0 Å². The first-order valence-electron chi connectivity index (χ1n) is 8.28. The van der Waals surface area contributed by atoms with E-state index in [1.807, 2.05) is 4.90 Å². The van der Waals surface area contributed by atoms with E-state index < -0.39 is 9.84 Å². The summed E-state index contributed by atoms with van der Waals surface area (Å²) in [5.74, 6) is 0.0201. The molecule has 3 rings (SSSR count). The van der Waals surface area contributed by atoms with Gasteiger partial charge >= 0.3 is 0 Å². The van der Waals surface area contributed by atoms with Crippen LogP contribution in [0.2, 0.25) is 0 Å². The molecule has 0 bridgehead atoms. The van der Waals surface area contributed by atoms with E-state index in [-0.39, 0.29) is 16.8 Å². The highest BCUT2D eigenvalue weighted by Crippen LogP contribution is 2.23. The van der Waals surface area contributed by atoms with Crippen LogP contribution in [0.15, 0.2) is 29.2 Å². The zero-order valence-electron chi connectivity index (χ0n) is 13.6. The molecule has 2 saturated heterocycles. The van der Waals surface area contributed by atoms with E-state index >= 15 is 0 Å². The largest absolute Gasteiger partial charge is 0.334 e. The third-order valence-electron chi connectivity index (χ3n) is 4.84. The molecule has 0 radical (unpaired) electrons. The van der Waals surface area contributed by atoms with Gasteiger partial charge in [-0.05, 0) is 63.0 Å². The maximum Gasteiger partial charge on any atom is 0.254 e. The van der Waals surface area contributed by atoms with Gasteiger partial charge in [0.1, 0.15) is 0 Å². The van der Waals surface area contributed by atoms with Gasteiger partial charge in [0.05, 0.1) is 4.90 Å². The number of likely N-dealkylation sites (tertiary alicyclic amines) is 2. The standard InChI is InChI=1S/C17H24N2O3S/c1-23(21,22)16-8-6-14(7-9-16)17(20)19-12-4-5-15(19)13-18-10-2-3-11-18/h6-9,15H,2-5,10-13H2,1H3. The van der Waals surface area contributed by atoms with Gasteiger partial charge in [0.15, 0.2) is 9.84 Å². The highest BCUT2D eigenvalue weighted by Gasteiger charge is 2.31. The van der Waals surface area contributed by atoms with Crippen LogP contribution in [0.1, 0.15) is 36.0 Å². The molecule has 2 fully saturated rings. The Labute approximate surface area is 138 Å². The first-order chi connectivity index (χ1) is 10.9. The molecule has 0 saturated carbocycles. The van der Waals surface area contributed by atoms with Crippen LogP contribution in [-0.2, 0) is 9.84 Å². The fourth-order valence-electron chi connectivity index (χ4n) is 3.57. The maximum atomic E-state index is 12.8. The number of nitrogens with zero attached hydrogens (tertiary/aromatic N) is 2. The van der Waals surface area contributed by atoms with E-state index in [0.29, 0.717) is 5.56 Å². The smallest absolute Gasteiger partial charge is 0.254 e. The highest BCUT2D eigenvalue weighted by molar-refractivity contribution is 7.90. The van der Waals surface area contributed by atoms with Crippen LogP contribution in [-0.4, -0.2) is 62.6 Å². The minimum absolute atomic E-state index is 0.0201. The summed E-state index contributed by atoms with van der Waals surface area (Å²) in [5, 5.41) is 0. The molecule has 0 N–H and O–H groups in total. The first kappa shape index (κ1) is 16.5. The second-order valence-corrected chi connectivity index (χ2v) is 8.61. The summed E-state index contributed by atoms with van der Waals surface area (Å²) in [4.78, 5) is 17.4. The fourth-order valence-corrected chi connectivity index (χ4v) is 4.20. The summed E-state index contributed by atoms with van der Waals surface area (Å²) in [6, 6.07) is 6.59. The Bertz CT molecular complexity index is 664. The Morgan fingerprint density at radius 1 is 1.09 bits per heavy atom. The quantitative estimate of drug-likeness (QED) is 0.841. The average molecular weight is 336 g/mol. The molecule has 1 unspecified atom stereocenters. The number of sulfone groups is 1. The lowest BCUT2D eigenvalue weighted by Gasteiger charge is -2.28. The summed E-state index contributed by atoms with van der Waals surface area (Å²) >= 11 is 0. The Hall–Kier alpha value is -1.40. The van der Waals surface area contributed by atoms with E-state index in [0.717, 1.165) is 39.0 Å². The van der Waals surface area contributed by atoms with Crippen molar-refractivity contribution in [3.8, 4) is 0 Å². The van der Waals surface area contributed by atoms with Crippen molar-refractivity contribution >= 4 is 15.7 Å². The van der Waals surface area contributed by atoms with Crippen LogP contribution in [0, 0.1) is 0 Å². The van der Waals surface area contributed by atoms with E-state index in [9.17, 15) is 13.2 Å². The van der Waals surface area contributed by atoms with Crippen molar-refractivity contribution < 1.29 is 13.2 Å². The maximum absolute atomic E-state index is 12.8. The lowest BCUT2D eigenvalue weighted by Crippen LogP contribution is -2.42. The molecule has 2 heterocycles. The van der Waals surface area contributed by atoms with Crippen LogP contribution < -0.4 is 0 Å². The highest BCUT2D eigenvalue weighted by atomic mass is 32.2. The third-order valence-corrected chi connectivity index (χ3v) is 5.96. The van der Waals surface area contributed by atoms with Gasteiger partial charge in [-0.1, -0.05) is 0 Å². The molecular formula is C17H24N2O3S. The number of hydrogen-bond donors (Lipinski definition) is 0. The fraction of sp³-hybridized carbons (Fsp3) is 0.588. The predicted octanol–water partition coefficient (Wildman–Crippen LogP) is 1.79. The second-order valence-electron chi connectivity index (χ2n) is 6.60. The van der Waals surface area contributed by atoms with Crippen LogP contribution in [0.5, 0.6) is 0 Å². The molecule has 126 valence electrons. The SMILES string of the molecule is CS(=O)(=O)c1ccc(C(=O)N2CCCC2CN2CCCC2)cc1. The normalized spacial score (nSPS) is 22.7. The van der Waals surface area contributed by atoms with Gasteiger partial charge in [-0.15, -0.1) is 0 Å². The van der Waals surface area contributed by atoms with Crippen molar-refractivity contribution in [2.45, 2.75) is 36.6 Å². The predicted molar refractivity (Wildman–Crippen MR) is 89.3 cm³/mol. The molecular weight excluding hydrogens is 312 g/mol. The van der Waals surface area contributed by atoms with Crippen molar-refractivity contribution in [1.82, 2.24) is 9.80 Å². The van der Waals surface area contributed by atoms with Gasteiger partial charge in [0, 0.05) is 31.0 Å². The summed E-state index contributed by atoms with van der Waals surface area (Å²) in [7, 11) is -3.22. The molecule has 2 aliphatic heterocycles. The van der Waals surface area contributed by atoms with Gasteiger partial charge in [-0.3, -0.25) is 4.79 Å². The number of benzene rings is 1.